The molecule has 0 aliphatic rings. The minimum absolute atomic E-state index is 0.123. The van der Waals surface area contributed by atoms with Gasteiger partial charge in [0.15, 0.2) is 0 Å². The first kappa shape index (κ1) is 14.4. The molecule has 0 radical (unpaired) electrons. The molecule has 0 heterocycles. The maximum atomic E-state index is 12.8. The van der Waals surface area contributed by atoms with E-state index < -0.39 is 11.7 Å². The molecular formula is C12H16F3NS. The second kappa shape index (κ2) is 5.78. The second-order valence-electron chi connectivity index (χ2n) is 4.24. The van der Waals surface area contributed by atoms with Crippen molar-refractivity contribution < 1.29 is 13.2 Å². The van der Waals surface area contributed by atoms with Gasteiger partial charge in [0, 0.05) is 17.2 Å². The highest BCUT2D eigenvalue weighted by Crippen LogP contribution is 2.37. The van der Waals surface area contributed by atoms with Crippen LogP contribution in [-0.4, -0.2) is 5.75 Å². The Kier molecular flexibility index (Phi) is 4.89. The lowest BCUT2D eigenvalue weighted by Crippen LogP contribution is -2.09. The van der Waals surface area contributed by atoms with Crippen LogP contribution in [0.1, 0.15) is 25.0 Å². The molecule has 0 spiro atoms. The van der Waals surface area contributed by atoms with Crippen molar-refractivity contribution in [2.45, 2.75) is 31.5 Å². The summed E-state index contributed by atoms with van der Waals surface area (Å²) in [4.78, 5) is 0.281. The number of alkyl halides is 3. The number of nitrogens with two attached hydrogens (primary N) is 1. The van der Waals surface area contributed by atoms with Crippen LogP contribution in [0.2, 0.25) is 0 Å². The van der Waals surface area contributed by atoms with E-state index in [4.69, 9.17) is 5.73 Å². The summed E-state index contributed by atoms with van der Waals surface area (Å²) in [7, 11) is 0. The van der Waals surface area contributed by atoms with E-state index in [0.29, 0.717) is 17.2 Å². The summed E-state index contributed by atoms with van der Waals surface area (Å²) in [5.41, 5.74) is 5.29. The summed E-state index contributed by atoms with van der Waals surface area (Å²) < 4.78 is 38.5. The van der Waals surface area contributed by atoms with Gasteiger partial charge in [0.2, 0.25) is 0 Å². The van der Waals surface area contributed by atoms with Crippen LogP contribution in [0.5, 0.6) is 0 Å². The molecule has 0 bridgehead atoms. The number of thioether (sulfide) groups is 1. The molecule has 1 rings (SSSR count). The molecule has 1 aromatic rings. The van der Waals surface area contributed by atoms with Crippen molar-refractivity contribution in [3.05, 3.63) is 29.3 Å². The SMILES string of the molecule is CC(C)CSc1ccc(CN)cc1C(F)(F)F. The first-order chi connectivity index (χ1) is 7.84. The van der Waals surface area contributed by atoms with Crippen LogP contribution in [0.15, 0.2) is 23.1 Å². The fourth-order valence-electron chi connectivity index (χ4n) is 1.31. The Morgan fingerprint density at radius 3 is 2.41 bits per heavy atom. The van der Waals surface area contributed by atoms with Gasteiger partial charge in [-0.2, -0.15) is 13.2 Å². The Morgan fingerprint density at radius 1 is 1.29 bits per heavy atom. The molecule has 17 heavy (non-hydrogen) atoms. The molecule has 0 aromatic heterocycles. The van der Waals surface area contributed by atoms with Crippen molar-refractivity contribution in [2.75, 3.05) is 5.75 Å². The zero-order valence-corrected chi connectivity index (χ0v) is 10.7. The first-order valence-electron chi connectivity index (χ1n) is 5.37. The highest BCUT2D eigenvalue weighted by molar-refractivity contribution is 7.99. The van der Waals surface area contributed by atoms with Crippen LogP contribution in [-0.2, 0) is 12.7 Å². The standard InChI is InChI=1S/C12H16F3NS/c1-8(2)7-17-11-4-3-9(6-16)5-10(11)12(13,14)15/h3-5,8H,6-7,16H2,1-2H3. The topological polar surface area (TPSA) is 26.0 Å². The lowest BCUT2D eigenvalue weighted by molar-refractivity contribution is -0.139. The molecule has 0 saturated carbocycles. The van der Waals surface area contributed by atoms with Crippen LogP contribution < -0.4 is 5.73 Å². The predicted octanol–water partition coefficient (Wildman–Crippen LogP) is 3.91. The molecule has 2 N–H and O–H groups in total. The lowest BCUT2D eigenvalue weighted by atomic mass is 10.1. The number of rotatable bonds is 4. The summed E-state index contributed by atoms with van der Waals surface area (Å²) in [6, 6.07) is 4.30. The van der Waals surface area contributed by atoms with Gasteiger partial charge in [-0.25, -0.2) is 0 Å². The Hall–Kier alpha value is -0.680. The molecule has 1 nitrogen and oxygen atoms in total. The van der Waals surface area contributed by atoms with Gasteiger partial charge in [0.05, 0.1) is 5.56 Å². The number of hydrogen-bond donors (Lipinski definition) is 1. The summed E-state index contributed by atoms with van der Waals surface area (Å²) in [5.74, 6) is 1.03. The largest absolute Gasteiger partial charge is 0.417 e. The second-order valence-corrected chi connectivity index (χ2v) is 5.30. The Bertz CT molecular complexity index is 375. The summed E-state index contributed by atoms with van der Waals surface area (Å²) in [6.07, 6.45) is -4.31. The third-order valence-electron chi connectivity index (χ3n) is 2.16. The van der Waals surface area contributed by atoms with E-state index in [9.17, 15) is 13.2 Å². The van der Waals surface area contributed by atoms with Gasteiger partial charge >= 0.3 is 6.18 Å². The highest BCUT2D eigenvalue weighted by atomic mass is 32.2. The van der Waals surface area contributed by atoms with E-state index >= 15 is 0 Å². The van der Waals surface area contributed by atoms with Crippen LogP contribution in [0.4, 0.5) is 13.2 Å². The van der Waals surface area contributed by atoms with Crippen molar-refractivity contribution in [1.29, 1.82) is 0 Å². The van der Waals surface area contributed by atoms with Gasteiger partial charge in [-0.3, -0.25) is 0 Å². The van der Waals surface area contributed by atoms with Crippen molar-refractivity contribution in [3.8, 4) is 0 Å². The van der Waals surface area contributed by atoms with Crippen LogP contribution >= 0.6 is 11.8 Å². The van der Waals surface area contributed by atoms with Crippen LogP contribution in [0, 0.1) is 5.92 Å². The normalized spacial score (nSPS) is 12.2. The molecule has 0 aliphatic carbocycles. The first-order valence-corrected chi connectivity index (χ1v) is 6.36. The summed E-state index contributed by atoms with van der Waals surface area (Å²) >= 11 is 1.24. The van der Waals surface area contributed by atoms with E-state index in [0.717, 1.165) is 6.07 Å². The smallest absolute Gasteiger partial charge is 0.326 e. The predicted molar refractivity (Wildman–Crippen MR) is 64.9 cm³/mol. The van der Waals surface area contributed by atoms with Crippen molar-refractivity contribution in [3.63, 3.8) is 0 Å². The van der Waals surface area contributed by atoms with E-state index in [1.54, 1.807) is 6.07 Å². The molecule has 0 amide bonds. The summed E-state index contributed by atoms with van der Waals surface area (Å²) in [6.45, 7) is 4.08. The average molecular weight is 263 g/mol. The number of hydrogen-bond acceptors (Lipinski definition) is 2. The maximum Gasteiger partial charge on any atom is 0.417 e. The molecular weight excluding hydrogens is 247 g/mol. The third-order valence-corrected chi connectivity index (χ3v) is 3.66. The Labute approximate surface area is 104 Å². The third kappa shape index (κ3) is 4.24. The minimum Gasteiger partial charge on any atom is -0.326 e. The Balaban J connectivity index is 3.03. The fourth-order valence-corrected chi connectivity index (χ4v) is 2.32. The Morgan fingerprint density at radius 2 is 1.94 bits per heavy atom. The number of halogens is 3. The van der Waals surface area contributed by atoms with E-state index in [1.807, 2.05) is 13.8 Å². The average Bonchev–Trinajstić information content (AvgIpc) is 2.24. The molecule has 1 aromatic carbocycles. The van der Waals surface area contributed by atoms with Gasteiger partial charge in [-0.15, -0.1) is 11.8 Å². The van der Waals surface area contributed by atoms with Crippen molar-refractivity contribution in [2.24, 2.45) is 11.7 Å². The van der Waals surface area contributed by atoms with Gasteiger partial charge in [-0.05, 0) is 23.6 Å². The van der Waals surface area contributed by atoms with E-state index in [2.05, 4.69) is 0 Å². The highest BCUT2D eigenvalue weighted by Gasteiger charge is 2.33. The van der Waals surface area contributed by atoms with E-state index in [-0.39, 0.29) is 11.4 Å². The van der Waals surface area contributed by atoms with Gasteiger partial charge in [-0.1, -0.05) is 19.9 Å². The van der Waals surface area contributed by atoms with E-state index in [1.165, 1.54) is 17.8 Å². The van der Waals surface area contributed by atoms with Gasteiger partial charge in [0.1, 0.15) is 0 Å². The molecule has 0 saturated heterocycles. The van der Waals surface area contributed by atoms with Gasteiger partial charge in [0.25, 0.3) is 0 Å². The molecule has 0 atom stereocenters. The zero-order valence-electron chi connectivity index (χ0n) is 9.84. The lowest BCUT2D eigenvalue weighted by Gasteiger charge is -2.14. The zero-order chi connectivity index (χ0) is 13.1. The van der Waals surface area contributed by atoms with Crippen molar-refractivity contribution in [1.82, 2.24) is 0 Å². The molecule has 0 aliphatic heterocycles. The van der Waals surface area contributed by atoms with Crippen LogP contribution in [0.3, 0.4) is 0 Å². The molecule has 0 unspecified atom stereocenters. The monoisotopic (exact) mass is 263 g/mol. The quantitative estimate of drug-likeness (QED) is 0.833. The molecule has 96 valence electrons. The maximum absolute atomic E-state index is 12.8. The minimum atomic E-state index is -4.31. The van der Waals surface area contributed by atoms with Crippen molar-refractivity contribution >= 4 is 11.8 Å². The van der Waals surface area contributed by atoms with Gasteiger partial charge < -0.3 is 5.73 Å². The molecule has 0 fully saturated rings. The molecule has 5 heteroatoms. The summed E-state index contributed by atoms with van der Waals surface area (Å²) in [5, 5.41) is 0. The fraction of sp³-hybridized carbons (Fsp3) is 0.500. The van der Waals surface area contributed by atoms with Crippen LogP contribution in [0.25, 0.3) is 0 Å². The number of benzene rings is 1.